The number of hydrogen-bond donors (Lipinski definition) is 2. The number of aromatic nitrogens is 2. The lowest BCUT2D eigenvalue weighted by molar-refractivity contribution is -0.0812. The third kappa shape index (κ3) is 3.91. The number of amides is 1. The molecule has 1 aliphatic heterocycles. The SMILES string of the molecule is CC(C)Cc1cc(C(=O)N2CCO[C@H](CO)[C@H]2c2ccccc2)n[nH]1. The number of H-pyrrole nitrogens is 1. The van der Waals surface area contributed by atoms with Gasteiger partial charge in [0, 0.05) is 12.2 Å². The molecule has 1 amide bonds. The summed E-state index contributed by atoms with van der Waals surface area (Å²) in [6.45, 7) is 5.00. The van der Waals surface area contributed by atoms with Gasteiger partial charge in [0.15, 0.2) is 0 Å². The average Bonchev–Trinajstić information content (AvgIpc) is 3.08. The van der Waals surface area contributed by atoms with E-state index in [1.807, 2.05) is 36.4 Å². The molecule has 2 atom stereocenters. The number of benzene rings is 1. The van der Waals surface area contributed by atoms with Crippen LogP contribution >= 0.6 is 0 Å². The summed E-state index contributed by atoms with van der Waals surface area (Å²) in [7, 11) is 0. The van der Waals surface area contributed by atoms with Crippen molar-refractivity contribution in [2.75, 3.05) is 19.8 Å². The highest BCUT2D eigenvalue weighted by molar-refractivity contribution is 5.92. The molecule has 0 saturated carbocycles. The predicted molar refractivity (Wildman–Crippen MR) is 94.2 cm³/mol. The zero-order chi connectivity index (χ0) is 17.8. The van der Waals surface area contributed by atoms with Gasteiger partial charge < -0.3 is 14.7 Å². The number of carbonyl (C=O) groups excluding carboxylic acids is 1. The van der Waals surface area contributed by atoms with Gasteiger partial charge in [-0.2, -0.15) is 5.10 Å². The van der Waals surface area contributed by atoms with E-state index in [1.54, 1.807) is 4.90 Å². The molecular formula is C19H25N3O3. The van der Waals surface area contributed by atoms with E-state index in [9.17, 15) is 9.90 Å². The van der Waals surface area contributed by atoms with Crippen LogP contribution in [0.4, 0.5) is 0 Å². The molecule has 6 nitrogen and oxygen atoms in total. The van der Waals surface area contributed by atoms with Crippen LogP contribution in [0.1, 0.15) is 41.6 Å². The van der Waals surface area contributed by atoms with Crippen LogP contribution in [0.5, 0.6) is 0 Å². The molecule has 0 unspecified atom stereocenters. The molecule has 0 aliphatic carbocycles. The van der Waals surface area contributed by atoms with Crippen molar-refractivity contribution in [2.45, 2.75) is 32.4 Å². The highest BCUT2D eigenvalue weighted by Crippen LogP contribution is 2.30. The van der Waals surface area contributed by atoms with E-state index in [0.29, 0.717) is 24.8 Å². The van der Waals surface area contributed by atoms with Crippen molar-refractivity contribution in [1.29, 1.82) is 0 Å². The minimum atomic E-state index is -0.436. The maximum atomic E-state index is 13.1. The Morgan fingerprint density at radius 1 is 1.40 bits per heavy atom. The van der Waals surface area contributed by atoms with Gasteiger partial charge in [0.2, 0.25) is 0 Å². The lowest BCUT2D eigenvalue weighted by Crippen LogP contribution is -2.49. The Kier molecular flexibility index (Phi) is 5.50. The van der Waals surface area contributed by atoms with E-state index in [4.69, 9.17) is 4.74 Å². The maximum absolute atomic E-state index is 13.1. The van der Waals surface area contributed by atoms with Crippen LogP contribution in [-0.4, -0.2) is 52.0 Å². The molecule has 25 heavy (non-hydrogen) atoms. The largest absolute Gasteiger partial charge is 0.394 e. The van der Waals surface area contributed by atoms with Gasteiger partial charge in [0.05, 0.1) is 19.3 Å². The number of morpholine rings is 1. The third-order valence-corrected chi connectivity index (χ3v) is 4.41. The Balaban J connectivity index is 1.87. The Morgan fingerprint density at radius 3 is 2.84 bits per heavy atom. The van der Waals surface area contributed by atoms with Crippen LogP contribution in [0.15, 0.2) is 36.4 Å². The van der Waals surface area contributed by atoms with Crippen molar-refractivity contribution >= 4 is 5.91 Å². The quantitative estimate of drug-likeness (QED) is 0.872. The molecule has 0 spiro atoms. The molecular weight excluding hydrogens is 318 g/mol. The highest BCUT2D eigenvalue weighted by atomic mass is 16.5. The highest BCUT2D eigenvalue weighted by Gasteiger charge is 2.37. The van der Waals surface area contributed by atoms with E-state index < -0.39 is 6.10 Å². The molecule has 0 radical (unpaired) electrons. The zero-order valence-electron chi connectivity index (χ0n) is 14.7. The number of aliphatic hydroxyl groups excluding tert-OH is 1. The van der Waals surface area contributed by atoms with E-state index in [-0.39, 0.29) is 18.6 Å². The second kappa shape index (κ2) is 7.80. The summed E-state index contributed by atoms with van der Waals surface area (Å²) in [6.07, 6.45) is 0.416. The number of aliphatic hydroxyl groups is 1. The van der Waals surface area contributed by atoms with Crippen molar-refractivity contribution in [3.63, 3.8) is 0 Å². The van der Waals surface area contributed by atoms with Crippen LogP contribution in [0.3, 0.4) is 0 Å². The fraction of sp³-hybridized carbons (Fsp3) is 0.474. The fourth-order valence-electron chi connectivity index (χ4n) is 3.32. The first kappa shape index (κ1) is 17.6. The Hall–Kier alpha value is -2.18. The molecule has 2 N–H and O–H groups in total. The van der Waals surface area contributed by atoms with Crippen molar-refractivity contribution in [3.05, 3.63) is 53.3 Å². The number of nitrogens with zero attached hydrogens (tertiary/aromatic N) is 2. The smallest absolute Gasteiger partial charge is 0.275 e. The lowest BCUT2D eigenvalue weighted by atomic mass is 9.98. The maximum Gasteiger partial charge on any atom is 0.275 e. The summed E-state index contributed by atoms with van der Waals surface area (Å²) in [5.74, 6) is 0.351. The predicted octanol–water partition coefficient (Wildman–Crippen LogP) is 2.18. The molecule has 134 valence electrons. The lowest BCUT2D eigenvalue weighted by Gasteiger charge is -2.40. The molecule has 1 aromatic heterocycles. The van der Waals surface area contributed by atoms with Crippen LogP contribution in [-0.2, 0) is 11.2 Å². The van der Waals surface area contributed by atoms with Gasteiger partial charge in [-0.25, -0.2) is 0 Å². The molecule has 3 rings (SSSR count). The Labute approximate surface area is 147 Å². The zero-order valence-corrected chi connectivity index (χ0v) is 14.7. The average molecular weight is 343 g/mol. The van der Waals surface area contributed by atoms with E-state index in [2.05, 4.69) is 24.0 Å². The number of rotatable bonds is 5. The van der Waals surface area contributed by atoms with E-state index in [1.165, 1.54) is 0 Å². The van der Waals surface area contributed by atoms with Crippen LogP contribution < -0.4 is 0 Å². The summed E-state index contributed by atoms with van der Waals surface area (Å²) in [5, 5.41) is 16.9. The van der Waals surface area contributed by atoms with Crippen molar-refractivity contribution in [1.82, 2.24) is 15.1 Å². The molecule has 1 aliphatic rings. The minimum absolute atomic E-state index is 0.136. The molecule has 2 aromatic rings. The van der Waals surface area contributed by atoms with Crippen molar-refractivity contribution in [2.24, 2.45) is 5.92 Å². The third-order valence-electron chi connectivity index (χ3n) is 4.41. The summed E-state index contributed by atoms with van der Waals surface area (Å²) in [4.78, 5) is 14.8. The first-order valence-corrected chi connectivity index (χ1v) is 8.72. The van der Waals surface area contributed by atoms with Crippen LogP contribution in [0, 0.1) is 5.92 Å². The summed E-state index contributed by atoms with van der Waals surface area (Å²) >= 11 is 0. The summed E-state index contributed by atoms with van der Waals surface area (Å²) in [6, 6.07) is 11.2. The van der Waals surface area contributed by atoms with Crippen LogP contribution in [0.2, 0.25) is 0 Å². The molecule has 1 fully saturated rings. The standard InChI is InChI=1S/C19H25N3O3/c1-13(2)10-15-11-16(21-20-15)19(24)22-8-9-25-17(12-23)18(22)14-6-4-3-5-7-14/h3-7,11,13,17-18,23H,8-10,12H2,1-2H3,(H,20,21)/t17-,18-/m1/s1. The first-order valence-electron chi connectivity index (χ1n) is 8.72. The second-order valence-corrected chi connectivity index (χ2v) is 6.82. The van der Waals surface area contributed by atoms with Crippen molar-refractivity contribution in [3.8, 4) is 0 Å². The number of ether oxygens (including phenoxy) is 1. The Bertz CT molecular complexity index is 699. The number of carbonyl (C=O) groups is 1. The summed E-state index contributed by atoms with van der Waals surface area (Å²) < 4.78 is 5.70. The molecule has 1 saturated heterocycles. The van der Waals surface area contributed by atoms with Gasteiger partial charge in [-0.15, -0.1) is 0 Å². The first-order chi connectivity index (χ1) is 12.1. The fourth-order valence-corrected chi connectivity index (χ4v) is 3.32. The molecule has 1 aromatic carbocycles. The van der Waals surface area contributed by atoms with Gasteiger partial charge in [-0.3, -0.25) is 9.89 Å². The topological polar surface area (TPSA) is 78.5 Å². The molecule has 0 bridgehead atoms. The monoisotopic (exact) mass is 343 g/mol. The summed E-state index contributed by atoms with van der Waals surface area (Å²) in [5.41, 5.74) is 2.32. The van der Waals surface area contributed by atoms with E-state index in [0.717, 1.165) is 17.7 Å². The van der Waals surface area contributed by atoms with Crippen molar-refractivity contribution < 1.29 is 14.6 Å². The molecule has 6 heteroatoms. The van der Waals surface area contributed by atoms with Gasteiger partial charge in [0.1, 0.15) is 11.8 Å². The van der Waals surface area contributed by atoms with Gasteiger partial charge in [-0.1, -0.05) is 44.2 Å². The number of aromatic amines is 1. The van der Waals surface area contributed by atoms with Gasteiger partial charge in [0.25, 0.3) is 5.91 Å². The number of nitrogens with one attached hydrogen (secondary N) is 1. The van der Waals surface area contributed by atoms with Gasteiger partial charge in [-0.05, 0) is 24.0 Å². The van der Waals surface area contributed by atoms with Gasteiger partial charge >= 0.3 is 0 Å². The minimum Gasteiger partial charge on any atom is -0.394 e. The Morgan fingerprint density at radius 2 is 2.16 bits per heavy atom. The molecule has 2 heterocycles. The second-order valence-electron chi connectivity index (χ2n) is 6.82. The normalized spacial score (nSPS) is 20.9. The van der Waals surface area contributed by atoms with E-state index >= 15 is 0 Å². The number of hydrogen-bond acceptors (Lipinski definition) is 4. The van der Waals surface area contributed by atoms with Crippen LogP contribution in [0.25, 0.3) is 0 Å².